The van der Waals surface area contributed by atoms with E-state index in [1.54, 1.807) is 20.8 Å². The average molecular weight is 358 g/mol. The predicted molar refractivity (Wildman–Crippen MR) is 92.3 cm³/mol. The molecule has 0 radical (unpaired) electrons. The molecule has 0 unspecified atom stereocenters. The van der Waals surface area contributed by atoms with Crippen molar-refractivity contribution in [3.8, 4) is 0 Å². The summed E-state index contributed by atoms with van der Waals surface area (Å²) in [6, 6.07) is -3.35. The lowest BCUT2D eigenvalue weighted by molar-refractivity contribution is -0.158. The summed E-state index contributed by atoms with van der Waals surface area (Å²) in [6.07, 6.45) is 0. The second-order valence-electron chi connectivity index (χ2n) is 7.01. The van der Waals surface area contributed by atoms with Gasteiger partial charge in [0, 0.05) is 0 Å². The molecule has 0 rings (SSSR count). The minimum atomic E-state index is -0.896. The molecule has 0 saturated carbocycles. The van der Waals surface area contributed by atoms with Crippen LogP contribution in [0, 0.1) is 0 Å². The van der Waals surface area contributed by atoms with Crippen molar-refractivity contribution in [1.29, 1.82) is 0 Å². The normalized spacial score (nSPS) is 16.0. The van der Waals surface area contributed by atoms with Crippen LogP contribution in [0.2, 0.25) is 0 Å². The van der Waals surface area contributed by atoms with Crippen LogP contribution in [0.3, 0.4) is 0 Å². The SMILES string of the molecule is C[C@H](N)C(=O)N[C@@H](C)C(=O)N[C@@H](C)C(=O)N[C@@H](C)C(=O)OC(C)(C)C. The maximum atomic E-state index is 12.1. The van der Waals surface area contributed by atoms with E-state index in [0.717, 1.165) is 0 Å². The first-order chi connectivity index (χ1) is 11.2. The Morgan fingerprint density at radius 2 is 1.12 bits per heavy atom. The molecule has 0 spiro atoms. The first-order valence-corrected chi connectivity index (χ1v) is 8.14. The second-order valence-corrected chi connectivity index (χ2v) is 7.01. The summed E-state index contributed by atoms with van der Waals surface area (Å²) in [5.41, 5.74) is 4.75. The molecule has 0 heterocycles. The molecule has 3 amide bonds. The highest BCUT2D eigenvalue weighted by molar-refractivity contribution is 5.93. The van der Waals surface area contributed by atoms with Crippen LogP contribution in [0.15, 0.2) is 0 Å². The largest absolute Gasteiger partial charge is 0.458 e. The lowest BCUT2D eigenvalue weighted by Crippen LogP contribution is -2.55. The minimum absolute atomic E-state index is 0.474. The minimum Gasteiger partial charge on any atom is -0.458 e. The zero-order valence-corrected chi connectivity index (χ0v) is 15.9. The van der Waals surface area contributed by atoms with Gasteiger partial charge in [0.15, 0.2) is 0 Å². The molecule has 0 aromatic carbocycles. The van der Waals surface area contributed by atoms with Crippen molar-refractivity contribution in [2.24, 2.45) is 5.73 Å². The van der Waals surface area contributed by atoms with Gasteiger partial charge in [-0.2, -0.15) is 0 Å². The number of esters is 1. The van der Waals surface area contributed by atoms with Crippen LogP contribution in [0.4, 0.5) is 0 Å². The smallest absolute Gasteiger partial charge is 0.328 e. The quantitative estimate of drug-likeness (QED) is 0.439. The van der Waals surface area contributed by atoms with Crippen LogP contribution < -0.4 is 21.7 Å². The third kappa shape index (κ3) is 9.04. The van der Waals surface area contributed by atoms with Crippen molar-refractivity contribution in [2.75, 3.05) is 0 Å². The molecule has 0 aliphatic heterocycles. The molecule has 0 aromatic heterocycles. The molecular weight excluding hydrogens is 328 g/mol. The van der Waals surface area contributed by atoms with E-state index in [4.69, 9.17) is 10.5 Å². The molecule has 9 nitrogen and oxygen atoms in total. The number of carbonyl (C=O) groups excluding carboxylic acids is 4. The Morgan fingerprint density at radius 1 is 0.760 bits per heavy atom. The first kappa shape index (κ1) is 22.8. The van der Waals surface area contributed by atoms with Crippen LogP contribution >= 0.6 is 0 Å². The van der Waals surface area contributed by atoms with Gasteiger partial charge in [0.1, 0.15) is 23.7 Å². The van der Waals surface area contributed by atoms with Gasteiger partial charge in [-0.1, -0.05) is 0 Å². The summed E-state index contributed by atoms with van der Waals surface area (Å²) in [5.74, 6) is -2.13. The fourth-order valence-electron chi connectivity index (χ4n) is 1.60. The van der Waals surface area contributed by atoms with E-state index < -0.39 is 53.5 Å². The van der Waals surface area contributed by atoms with E-state index in [9.17, 15) is 19.2 Å². The van der Waals surface area contributed by atoms with Crippen molar-refractivity contribution in [3.63, 3.8) is 0 Å². The van der Waals surface area contributed by atoms with Gasteiger partial charge >= 0.3 is 5.97 Å². The molecule has 9 heteroatoms. The van der Waals surface area contributed by atoms with Crippen LogP contribution in [0.25, 0.3) is 0 Å². The van der Waals surface area contributed by atoms with Crippen molar-refractivity contribution < 1.29 is 23.9 Å². The lowest BCUT2D eigenvalue weighted by Gasteiger charge is -2.24. The molecule has 0 aromatic rings. The standard InChI is InChI=1S/C16H30N4O5/c1-8(17)12(21)18-9(2)13(22)19-10(3)14(23)20-11(4)15(24)25-16(5,6)7/h8-11H,17H2,1-7H3,(H,18,21)(H,19,22)(H,20,23)/t8-,9-,10-,11-/m0/s1. The number of nitrogens with one attached hydrogen (secondary N) is 3. The summed E-state index contributed by atoms with van der Waals surface area (Å²) in [5, 5.41) is 7.35. The van der Waals surface area contributed by atoms with E-state index >= 15 is 0 Å². The molecular formula is C16H30N4O5. The van der Waals surface area contributed by atoms with Crippen molar-refractivity contribution in [2.45, 2.75) is 78.2 Å². The van der Waals surface area contributed by atoms with Crippen LogP contribution in [0.5, 0.6) is 0 Å². The number of ether oxygens (including phenoxy) is 1. The highest BCUT2D eigenvalue weighted by Gasteiger charge is 2.26. The fraction of sp³-hybridized carbons (Fsp3) is 0.750. The third-order valence-electron chi connectivity index (χ3n) is 3.04. The highest BCUT2D eigenvalue weighted by atomic mass is 16.6. The average Bonchev–Trinajstić information content (AvgIpc) is 2.44. The zero-order chi connectivity index (χ0) is 19.9. The van der Waals surface area contributed by atoms with Gasteiger partial charge in [0.2, 0.25) is 17.7 Å². The van der Waals surface area contributed by atoms with E-state index in [0.29, 0.717) is 0 Å². The van der Waals surface area contributed by atoms with Gasteiger partial charge in [-0.15, -0.1) is 0 Å². The van der Waals surface area contributed by atoms with Gasteiger partial charge in [-0.25, -0.2) is 4.79 Å². The Morgan fingerprint density at radius 3 is 1.48 bits per heavy atom. The molecule has 0 saturated heterocycles. The number of hydrogen-bond donors (Lipinski definition) is 4. The summed E-state index contributed by atoms with van der Waals surface area (Å²) in [7, 11) is 0. The highest BCUT2D eigenvalue weighted by Crippen LogP contribution is 2.08. The van der Waals surface area contributed by atoms with Crippen molar-refractivity contribution in [3.05, 3.63) is 0 Å². The Hall–Kier alpha value is -2.16. The van der Waals surface area contributed by atoms with Crippen LogP contribution in [-0.4, -0.2) is 53.5 Å². The maximum Gasteiger partial charge on any atom is 0.328 e. The summed E-state index contributed by atoms with van der Waals surface area (Å²) < 4.78 is 5.17. The molecule has 4 atom stereocenters. The summed E-state index contributed by atoms with van der Waals surface area (Å²) in [4.78, 5) is 47.4. The molecule has 0 aliphatic carbocycles. The molecule has 0 fully saturated rings. The first-order valence-electron chi connectivity index (χ1n) is 8.14. The lowest BCUT2D eigenvalue weighted by atomic mass is 10.2. The van der Waals surface area contributed by atoms with Gasteiger partial charge in [-0.3, -0.25) is 14.4 Å². The molecule has 144 valence electrons. The number of hydrogen-bond acceptors (Lipinski definition) is 6. The summed E-state index contributed by atoms with van der Waals surface area (Å²) >= 11 is 0. The number of nitrogens with two attached hydrogens (primary N) is 1. The molecule has 25 heavy (non-hydrogen) atoms. The maximum absolute atomic E-state index is 12.1. The van der Waals surface area contributed by atoms with Crippen molar-refractivity contribution in [1.82, 2.24) is 16.0 Å². The molecule has 5 N–H and O–H groups in total. The number of amides is 3. The second kappa shape index (κ2) is 9.36. The number of carbonyl (C=O) groups is 4. The Bertz CT molecular complexity index is 513. The van der Waals surface area contributed by atoms with E-state index in [-0.39, 0.29) is 0 Å². The van der Waals surface area contributed by atoms with Crippen LogP contribution in [0.1, 0.15) is 48.5 Å². The van der Waals surface area contributed by atoms with Gasteiger partial charge in [0.05, 0.1) is 6.04 Å². The van der Waals surface area contributed by atoms with Crippen molar-refractivity contribution >= 4 is 23.7 Å². The van der Waals surface area contributed by atoms with Crippen LogP contribution in [-0.2, 0) is 23.9 Å². The summed E-state index contributed by atoms with van der Waals surface area (Å²) in [6.45, 7) is 11.1. The fourth-order valence-corrected chi connectivity index (χ4v) is 1.60. The zero-order valence-electron chi connectivity index (χ0n) is 15.9. The van der Waals surface area contributed by atoms with Gasteiger partial charge in [-0.05, 0) is 48.5 Å². The molecule has 0 aliphatic rings. The topological polar surface area (TPSA) is 140 Å². The monoisotopic (exact) mass is 358 g/mol. The number of rotatable bonds is 7. The molecule has 0 bridgehead atoms. The third-order valence-corrected chi connectivity index (χ3v) is 3.04. The Balaban J connectivity index is 4.52. The van der Waals surface area contributed by atoms with Gasteiger partial charge < -0.3 is 26.4 Å². The Labute approximate surface area is 148 Å². The predicted octanol–water partition coefficient (Wildman–Crippen LogP) is -0.811. The van der Waals surface area contributed by atoms with E-state index in [1.807, 2.05) is 0 Å². The van der Waals surface area contributed by atoms with E-state index in [2.05, 4.69) is 16.0 Å². The van der Waals surface area contributed by atoms with E-state index in [1.165, 1.54) is 27.7 Å². The van der Waals surface area contributed by atoms with Gasteiger partial charge in [0.25, 0.3) is 0 Å². The Kier molecular flexibility index (Phi) is 8.55.